The minimum absolute atomic E-state index is 0.0216. The lowest BCUT2D eigenvalue weighted by Crippen LogP contribution is -2.22. The quantitative estimate of drug-likeness (QED) is 0.467. The Morgan fingerprint density at radius 1 is 1.43 bits per heavy atom. The van der Waals surface area contributed by atoms with Crippen molar-refractivity contribution in [1.29, 1.82) is 0 Å². The van der Waals surface area contributed by atoms with Gasteiger partial charge >= 0.3 is 5.97 Å². The van der Waals surface area contributed by atoms with E-state index in [4.69, 9.17) is 9.47 Å². The van der Waals surface area contributed by atoms with Crippen LogP contribution in [0.2, 0.25) is 0 Å². The highest BCUT2D eigenvalue weighted by molar-refractivity contribution is 5.86. The molecule has 0 saturated heterocycles. The summed E-state index contributed by atoms with van der Waals surface area (Å²) in [6, 6.07) is 0. The highest BCUT2D eigenvalue weighted by Crippen LogP contribution is 2.04. The van der Waals surface area contributed by atoms with E-state index in [-0.39, 0.29) is 12.1 Å². The van der Waals surface area contributed by atoms with E-state index < -0.39 is 0 Å². The maximum absolute atomic E-state index is 11.1. The largest absolute Gasteiger partial charge is 0.460 e. The van der Waals surface area contributed by atoms with Crippen molar-refractivity contribution in [2.24, 2.45) is 0 Å². The molecule has 0 radical (unpaired) electrons. The van der Waals surface area contributed by atoms with Gasteiger partial charge in [-0.05, 0) is 20.3 Å². The second kappa shape index (κ2) is 7.56. The van der Waals surface area contributed by atoms with Crippen LogP contribution in [0.1, 0.15) is 33.6 Å². The molecule has 0 spiro atoms. The fraction of sp³-hybridized carbons (Fsp3) is 0.727. The lowest BCUT2D eigenvalue weighted by atomic mass is 10.2. The molecule has 3 nitrogen and oxygen atoms in total. The highest BCUT2D eigenvalue weighted by Gasteiger charge is 2.11. The third-order valence-electron chi connectivity index (χ3n) is 1.76. The van der Waals surface area contributed by atoms with Crippen molar-refractivity contribution >= 4 is 5.97 Å². The maximum atomic E-state index is 11.1. The summed E-state index contributed by atoms with van der Waals surface area (Å²) in [4.78, 5) is 11.1. The van der Waals surface area contributed by atoms with Crippen molar-refractivity contribution < 1.29 is 14.3 Å². The van der Waals surface area contributed by atoms with E-state index in [9.17, 15) is 4.79 Å². The average Bonchev–Trinajstić information content (AvgIpc) is 2.14. The van der Waals surface area contributed by atoms with Crippen LogP contribution < -0.4 is 0 Å². The SMILES string of the molecule is C=C(C)C(=O)OCC(CCC)OCC. The first kappa shape index (κ1) is 13.2. The second-order valence-corrected chi connectivity index (χ2v) is 3.24. The van der Waals surface area contributed by atoms with E-state index in [2.05, 4.69) is 13.5 Å². The van der Waals surface area contributed by atoms with E-state index in [1.807, 2.05) is 6.92 Å². The molecular formula is C11H20O3. The zero-order valence-corrected chi connectivity index (χ0v) is 9.34. The minimum atomic E-state index is -0.342. The maximum Gasteiger partial charge on any atom is 0.333 e. The molecule has 0 fully saturated rings. The van der Waals surface area contributed by atoms with Crippen LogP contribution in [0.15, 0.2) is 12.2 Å². The molecule has 0 aliphatic carbocycles. The van der Waals surface area contributed by atoms with Crippen molar-refractivity contribution in [1.82, 2.24) is 0 Å². The van der Waals surface area contributed by atoms with Gasteiger partial charge in [0.2, 0.25) is 0 Å². The predicted molar refractivity (Wildman–Crippen MR) is 56.1 cm³/mol. The van der Waals surface area contributed by atoms with E-state index in [0.717, 1.165) is 12.8 Å². The third kappa shape index (κ3) is 5.75. The number of esters is 1. The first-order valence-electron chi connectivity index (χ1n) is 5.06. The molecule has 1 atom stereocenters. The zero-order chi connectivity index (χ0) is 11.0. The van der Waals surface area contributed by atoms with Gasteiger partial charge in [0.05, 0.1) is 6.10 Å². The van der Waals surface area contributed by atoms with Gasteiger partial charge in [0, 0.05) is 12.2 Å². The van der Waals surface area contributed by atoms with Crippen LogP contribution in [0, 0.1) is 0 Å². The molecule has 82 valence electrons. The first-order chi connectivity index (χ1) is 6.61. The van der Waals surface area contributed by atoms with E-state index in [1.54, 1.807) is 6.92 Å². The number of carbonyl (C=O) groups excluding carboxylic acids is 1. The highest BCUT2D eigenvalue weighted by atomic mass is 16.6. The summed E-state index contributed by atoms with van der Waals surface area (Å²) < 4.78 is 10.4. The molecule has 14 heavy (non-hydrogen) atoms. The molecule has 3 heteroatoms. The number of carbonyl (C=O) groups is 1. The van der Waals surface area contributed by atoms with Gasteiger partial charge in [-0.25, -0.2) is 4.79 Å². The summed E-state index contributed by atoms with van der Waals surface area (Å²) >= 11 is 0. The summed E-state index contributed by atoms with van der Waals surface area (Å²) in [5, 5.41) is 0. The summed E-state index contributed by atoms with van der Waals surface area (Å²) in [5.41, 5.74) is 0.428. The van der Waals surface area contributed by atoms with Crippen LogP contribution in [-0.2, 0) is 14.3 Å². The van der Waals surface area contributed by atoms with Gasteiger partial charge in [0.1, 0.15) is 6.61 Å². The van der Waals surface area contributed by atoms with Gasteiger partial charge in [0.15, 0.2) is 0 Å². The molecule has 1 unspecified atom stereocenters. The topological polar surface area (TPSA) is 35.5 Å². The van der Waals surface area contributed by atoms with E-state index in [1.165, 1.54) is 0 Å². The molecule has 0 aliphatic rings. The number of rotatable bonds is 7. The standard InChI is InChI=1S/C11H20O3/c1-5-7-10(13-6-2)8-14-11(12)9(3)4/h10H,3,5-8H2,1-2,4H3. The molecule has 0 saturated carbocycles. The Bertz CT molecular complexity index is 181. The molecular weight excluding hydrogens is 180 g/mol. The Hall–Kier alpha value is -0.830. The zero-order valence-electron chi connectivity index (χ0n) is 9.34. The van der Waals surface area contributed by atoms with Gasteiger partial charge in [-0.15, -0.1) is 0 Å². The van der Waals surface area contributed by atoms with Crippen LogP contribution in [0.25, 0.3) is 0 Å². The molecule has 0 aromatic heterocycles. The Balaban J connectivity index is 3.80. The average molecular weight is 200 g/mol. The van der Waals surface area contributed by atoms with E-state index >= 15 is 0 Å². The van der Waals surface area contributed by atoms with Crippen molar-refractivity contribution in [2.75, 3.05) is 13.2 Å². The lowest BCUT2D eigenvalue weighted by molar-refractivity contribution is -0.143. The lowest BCUT2D eigenvalue weighted by Gasteiger charge is -2.16. The molecule has 0 aromatic rings. The molecule has 0 aliphatic heterocycles. The van der Waals surface area contributed by atoms with Crippen LogP contribution in [0.4, 0.5) is 0 Å². The molecule has 0 amide bonds. The van der Waals surface area contributed by atoms with Gasteiger partial charge < -0.3 is 9.47 Å². The summed E-state index contributed by atoms with van der Waals surface area (Å²) in [6.45, 7) is 10.1. The van der Waals surface area contributed by atoms with Gasteiger partial charge in [0.25, 0.3) is 0 Å². The summed E-state index contributed by atoms with van der Waals surface area (Å²) in [7, 11) is 0. The second-order valence-electron chi connectivity index (χ2n) is 3.24. The molecule has 0 aromatic carbocycles. The first-order valence-corrected chi connectivity index (χ1v) is 5.06. The van der Waals surface area contributed by atoms with Crippen LogP contribution in [-0.4, -0.2) is 25.3 Å². The Kier molecular flexibility index (Phi) is 7.11. The monoisotopic (exact) mass is 200 g/mol. The normalized spacial score (nSPS) is 12.2. The minimum Gasteiger partial charge on any atom is -0.460 e. The Morgan fingerprint density at radius 3 is 2.50 bits per heavy atom. The summed E-state index contributed by atoms with van der Waals surface area (Å²) in [6.07, 6.45) is 1.96. The van der Waals surface area contributed by atoms with Crippen molar-refractivity contribution in [3.8, 4) is 0 Å². The van der Waals surface area contributed by atoms with Crippen LogP contribution >= 0.6 is 0 Å². The Morgan fingerprint density at radius 2 is 2.07 bits per heavy atom. The fourth-order valence-electron chi connectivity index (χ4n) is 1.06. The number of hydrogen-bond donors (Lipinski definition) is 0. The predicted octanol–water partition coefficient (Wildman–Crippen LogP) is 2.31. The molecule has 0 rings (SSSR count). The number of ether oxygens (including phenoxy) is 2. The van der Waals surface area contributed by atoms with Gasteiger partial charge in [-0.2, -0.15) is 0 Å². The number of hydrogen-bond acceptors (Lipinski definition) is 3. The third-order valence-corrected chi connectivity index (χ3v) is 1.76. The van der Waals surface area contributed by atoms with Crippen molar-refractivity contribution in [3.05, 3.63) is 12.2 Å². The smallest absolute Gasteiger partial charge is 0.333 e. The van der Waals surface area contributed by atoms with Gasteiger partial charge in [-0.1, -0.05) is 19.9 Å². The molecule has 0 N–H and O–H groups in total. The summed E-state index contributed by atoms with van der Waals surface area (Å²) in [5.74, 6) is -0.342. The van der Waals surface area contributed by atoms with E-state index in [0.29, 0.717) is 18.8 Å². The van der Waals surface area contributed by atoms with Crippen LogP contribution in [0.5, 0.6) is 0 Å². The fourth-order valence-corrected chi connectivity index (χ4v) is 1.06. The molecule has 0 heterocycles. The van der Waals surface area contributed by atoms with Crippen LogP contribution in [0.3, 0.4) is 0 Å². The van der Waals surface area contributed by atoms with Crippen molar-refractivity contribution in [3.63, 3.8) is 0 Å². The Labute approximate surface area is 86.1 Å². The molecule has 0 bridgehead atoms. The van der Waals surface area contributed by atoms with Crippen molar-refractivity contribution in [2.45, 2.75) is 39.7 Å². The van der Waals surface area contributed by atoms with Gasteiger partial charge in [-0.3, -0.25) is 0 Å².